The summed E-state index contributed by atoms with van der Waals surface area (Å²) in [6.45, 7) is 1.24. The lowest BCUT2D eigenvalue weighted by molar-refractivity contribution is -0.138. The quantitative estimate of drug-likeness (QED) is 0.724. The van der Waals surface area contributed by atoms with E-state index in [9.17, 15) is 13.2 Å². The van der Waals surface area contributed by atoms with Gasteiger partial charge in [-0.3, -0.25) is 4.79 Å². The Morgan fingerprint density at radius 2 is 1.87 bits per heavy atom. The van der Waals surface area contributed by atoms with Crippen molar-refractivity contribution in [3.63, 3.8) is 0 Å². The van der Waals surface area contributed by atoms with Gasteiger partial charge in [0.05, 0.1) is 10.6 Å². The fraction of sp³-hybridized carbons (Fsp3) is 0.125. The first-order valence-corrected chi connectivity index (χ1v) is 5.50. The summed E-state index contributed by atoms with van der Waals surface area (Å²) in [6, 6.07) is 5.48. The fourth-order valence-corrected chi connectivity index (χ4v) is 1.36. The lowest BCUT2D eigenvalue weighted by Crippen LogP contribution is -2.12. The number of rotatable bonds is 3. The molecule has 0 aliphatic carbocycles. The SMILES string of the molecule is CC(=O)ONc1ccc(S(N)(=O)=O)cc1. The van der Waals surface area contributed by atoms with Crippen molar-refractivity contribution >= 4 is 21.7 Å². The van der Waals surface area contributed by atoms with E-state index in [2.05, 4.69) is 10.3 Å². The summed E-state index contributed by atoms with van der Waals surface area (Å²) in [7, 11) is -3.69. The molecular weight excluding hydrogens is 220 g/mol. The van der Waals surface area contributed by atoms with Crippen molar-refractivity contribution in [2.24, 2.45) is 5.14 Å². The molecule has 6 nitrogen and oxygen atoms in total. The number of benzene rings is 1. The average Bonchev–Trinajstić information content (AvgIpc) is 2.14. The molecule has 7 heteroatoms. The number of nitrogens with two attached hydrogens (primary N) is 1. The standard InChI is InChI=1S/C8H10N2O4S/c1-6(11)14-10-7-2-4-8(5-3-7)15(9,12)13/h2-5,10H,1H3,(H2,9,12,13). The highest BCUT2D eigenvalue weighted by atomic mass is 32.2. The molecule has 0 bridgehead atoms. The van der Waals surface area contributed by atoms with Crippen LogP contribution in [0.1, 0.15) is 6.92 Å². The van der Waals surface area contributed by atoms with E-state index in [1.54, 1.807) is 0 Å². The monoisotopic (exact) mass is 230 g/mol. The largest absolute Gasteiger partial charge is 0.344 e. The molecule has 0 amide bonds. The molecule has 1 rings (SSSR count). The van der Waals surface area contributed by atoms with Crippen molar-refractivity contribution in [3.8, 4) is 0 Å². The molecule has 3 N–H and O–H groups in total. The molecule has 0 aliphatic heterocycles. The molecule has 0 radical (unpaired) electrons. The number of anilines is 1. The van der Waals surface area contributed by atoms with Gasteiger partial charge in [0.25, 0.3) is 0 Å². The van der Waals surface area contributed by atoms with Crippen LogP contribution >= 0.6 is 0 Å². The number of primary sulfonamides is 1. The molecule has 1 aromatic carbocycles. The van der Waals surface area contributed by atoms with E-state index < -0.39 is 16.0 Å². The molecule has 1 aromatic rings. The molecule has 82 valence electrons. The predicted molar refractivity (Wildman–Crippen MR) is 53.2 cm³/mol. The van der Waals surface area contributed by atoms with Crippen LogP contribution < -0.4 is 10.6 Å². The van der Waals surface area contributed by atoms with Crippen LogP contribution in [0.3, 0.4) is 0 Å². The van der Waals surface area contributed by atoms with Crippen LogP contribution in [0.4, 0.5) is 5.69 Å². The van der Waals surface area contributed by atoms with Gasteiger partial charge in [0.15, 0.2) is 0 Å². The number of nitrogens with one attached hydrogen (secondary N) is 1. The first kappa shape index (κ1) is 11.5. The van der Waals surface area contributed by atoms with Crippen LogP contribution in [-0.2, 0) is 19.7 Å². The molecule has 0 aliphatic rings. The van der Waals surface area contributed by atoms with E-state index in [1.165, 1.54) is 31.2 Å². The van der Waals surface area contributed by atoms with Gasteiger partial charge >= 0.3 is 5.97 Å². The van der Waals surface area contributed by atoms with Crippen molar-refractivity contribution in [2.45, 2.75) is 11.8 Å². The van der Waals surface area contributed by atoms with E-state index in [0.717, 1.165) is 0 Å². The molecule has 0 unspecified atom stereocenters. The molecule has 0 heterocycles. The van der Waals surface area contributed by atoms with E-state index in [1.807, 2.05) is 0 Å². The maximum atomic E-state index is 10.9. The maximum Gasteiger partial charge on any atom is 0.329 e. The van der Waals surface area contributed by atoms with Crippen LogP contribution in [0.2, 0.25) is 0 Å². The Labute approximate surface area is 87.0 Å². The van der Waals surface area contributed by atoms with E-state index >= 15 is 0 Å². The van der Waals surface area contributed by atoms with Gasteiger partial charge in [-0.05, 0) is 24.3 Å². The van der Waals surface area contributed by atoms with Gasteiger partial charge in [-0.1, -0.05) is 0 Å². The molecule has 0 spiro atoms. The second-order valence-corrected chi connectivity index (χ2v) is 4.33. The summed E-state index contributed by atoms with van der Waals surface area (Å²) in [5, 5.41) is 4.90. The number of carbonyl (C=O) groups is 1. The molecule has 0 aromatic heterocycles. The Kier molecular flexibility index (Phi) is 3.28. The summed E-state index contributed by atoms with van der Waals surface area (Å²) in [4.78, 5) is 14.9. The Morgan fingerprint density at radius 1 is 1.33 bits per heavy atom. The van der Waals surface area contributed by atoms with Crippen LogP contribution in [0, 0.1) is 0 Å². The number of hydrogen-bond donors (Lipinski definition) is 2. The maximum absolute atomic E-state index is 10.9. The van der Waals surface area contributed by atoms with Gasteiger partial charge < -0.3 is 4.84 Å². The lowest BCUT2D eigenvalue weighted by Gasteiger charge is -2.04. The minimum atomic E-state index is -3.69. The third-order valence-electron chi connectivity index (χ3n) is 1.50. The predicted octanol–water partition coefficient (Wildman–Crippen LogP) is 0.224. The summed E-state index contributed by atoms with van der Waals surface area (Å²) in [6.07, 6.45) is 0. The van der Waals surface area contributed by atoms with Gasteiger partial charge in [0.2, 0.25) is 10.0 Å². The third kappa shape index (κ3) is 3.56. The Bertz CT molecular complexity index is 452. The topological polar surface area (TPSA) is 98.5 Å². The molecule has 0 saturated heterocycles. The van der Waals surface area contributed by atoms with Gasteiger partial charge in [-0.2, -0.15) is 0 Å². The number of sulfonamides is 1. The zero-order chi connectivity index (χ0) is 11.5. The van der Waals surface area contributed by atoms with Crippen LogP contribution in [0.15, 0.2) is 29.2 Å². The number of hydrogen-bond acceptors (Lipinski definition) is 5. The normalized spacial score (nSPS) is 10.8. The first-order valence-electron chi connectivity index (χ1n) is 3.96. The van der Waals surface area contributed by atoms with Crippen molar-refractivity contribution in [1.29, 1.82) is 0 Å². The highest BCUT2D eigenvalue weighted by molar-refractivity contribution is 7.89. The zero-order valence-corrected chi connectivity index (χ0v) is 8.74. The van der Waals surface area contributed by atoms with Crippen LogP contribution in [0.25, 0.3) is 0 Å². The molecule has 15 heavy (non-hydrogen) atoms. The Balaban J connectivity index is 2.77. The smallest absolute Gasteiger partial charge is 0.329 e. The van der Waals surface area contributed by atoms with Crippen molar-refractivity contribution < 1.29 is 18.0 Å². The summed E-state index contributed by atoms with van der Waals surface area (Å²) in [5.74, 6) is -0.495. The highest BCUT2D eigenvalue weighted by Crippen LogP contribution is 2.12. The average molecular weight is 230 g/mol. The minimum absolute atomic E-state index is 0.00382. The fourth-order valence-electron chi connectivity index (χ4n) is 0.843. The summed E-state index contributed by atoms with van der Waals surface area (Å²) in [5.41, 5.74) is 2.79. The van der Waals surface area contributed by atoms with Gasteiger partial charge in [-0.15, -0.1) is 0 Å². The van der Waals surface area contributed by atoms with Gasteiger partial charge in [-0.25, -0.2) is 19.0 Å². The molecule has 0 fully saturated rings. The second kappa shape index (κ2) is 4.28. The summed E-state index contributed by atoms with van der Waals surface area (Å²) < 4.78 is 21.8. The lowest BCUT2D eigenvalue weighted by atomic mass is 10.3. The third-order valence-corrected chi connectivity index (χ3v) is 2.42. The minimum Gasteiger partial charge on any atom is -0.344 e. The van der Waals surface area contributed by atoms with E-state index in [0.29, 0.717) is 5.69 Å². The van der Waals surface area contributed by atoms with Crippen LogP contribution in [0.5, 0.6) is 0 Å². The number of carbonyl (C=O) groups excluding carboxylic acids is 1. The second-order valence-electron chi connectivity index (χ2n) is 2.77. The highest BCUT2D eigenvalue weighted by Gasteiger charge is 2.06. The van der Waals surface area contributed by atoms with Crippen molar-refractivity contribution in [3.05, 3.63) is 24.3 Å². The molecule has 0 atom stereocenters. The van der Waals surface area contributed by atoms with Crippen LogP contribution in [-0.4, -0.2) is 14.4 Å². The summed E-state index contributed by atoms with van der Waals surface area (Å²) >= 11 is 0. The molecule has 0 saturated carbocycles. The Hall–Kier alpha value is -1.60. The van der Waals surface area contributed by atoms with Gasteiger partial charge in [0, 0.05) is 6.92 Å². The zero-order valence-electron chi connectivity index (χ0n) is 7.93. The van der Waals surface area contributed by atoms with Crippen molar-refractivity contribution in [1.82, 2.24) is 0 Å². The first-order chi connectivity index (χ1) is 6.89. The van der Waals surface area contributed by atoms with E-state index in [4.69, 9.17) is 5.14 Å². The van der Waals surface area contributed by atoms with Gasteiger partial charge in [0.1, 0.15) is 0 Å². The van der Waals surface area contributed by atoms with E-state index in [-0.39, 0.29) is 4.90 Å². The molecular formula is C8H10N2O4S. The Morgan fingerprint density at radius 3 is 2.27 bits per heavy atom. The van der Waals surface area contributed by atoms with Crippen molar-refractivity contribution in [2.75, 3.05) is 5.48 Å².